The number of carbonyl (C=O) groups excluding carboxylic acids is 3. The Morgan fingerprint density at radius 1 is 0.926 bits per heavy atom. The lowest BCUT2D eigenvalue weighted by Gasteiger charge is -2.53. The number of para-hydroxylation sites is 2. The highest BCUT2D eigenvalue weighted by atomic mass is 35.5. The average molecular weight is 762 g/mol. The van der Waals surface area contributed by atoms with E-state index in [0.29, 0.717) is 40.6 Å². The molecule has 4 aliphatic rings. The summed E-state index contributed by atoms with van der Waals surface area (Å²) in [5.74, 6) is -0.278. The number of pyridine rings is 1. The van der Waals surface area contributed by atoms with E-state index in [1.54, 1.807) is 35.2 Å². The van der Waals surface area contributed by atoms with Crippen LogP contribution in [0.15, 0.2) is 85.1 Å². The highest BCUT2D eigenvalue weighted by molar-refractivity contribution is 7.17. The molecule has 1 spiro atoms. The van der Waals surface area contributed by atoms with Gasteiger partial charge in [-0.25, -0.2) is 9.37 Å². The van der Waals surface area contributed by atoms with E-state index in [-0.39, 0.29) is 27.9 Å². The van der Waals surface area contributed by atoms with Crippen molar-refractivity contribution in [2.24, 2.45) is 5.41 Å². The molecular weight excluding hydrogens is 725 g/mol. The molecule has 9 nitrogen and oxygen atoms in total. The van der Waals surface area contributed by atoms with Crippen LogP contribution in [0, 0.1) is 11.2 Å². The van der Waals surface area contributed by atoms with E-state index in [1.165, 1.54) is 29.5 Å². The average Bonchev–Trinajstić information content (AvgIpc) is 3.97. The van der Waals surface area contributed by atoms with Crippen LogP contribution >= 0.6 is 22.9 Å². The van der Waals surface area contributed by atoms with Crippen LogP contribution in [-0.4, -0.2) is 55.6 Å². The van der Waals surface area contributed by atoms with E-state index in [2.05, 4.69) is 15.5 Å². The van der Waals surface area contributed by atoms with Gasteiger partial charge in [0.1, 0.15) is 11.6 Å². The Labute approximate surface area is 321 Å². The number of anilines is 4. The molecule has 0 bridgehead atoms. The van der Waals surface area contributed by atoms with E-state index in [1.807, 2.05) is 36.5 Å². The number of fused-ring (bicyclic) bond motifs is 3. The molecule has 0 radical (unpaired) electrons. The van der Waals surface area contributed by atoms with E-state index in [9.17, 15) is 18.8 Å². The first-order chi connectivity index (χ1) is 26.2. The second-order valence-corrected chi connectivity index (χ2v) is 16.1. The third-order valence-corrected chi connectivity index (χ3v) is 12.5. The molecular formula is C42H37ClFN5O4S. The number of benzene rings is 3. The van der Waals surface area contributed by atoms with Gasteiger partial charge in [0.05, 0.1) is 26.8 Å². The van der Waals surface area contributed by atoms with Gasteiger partial charge in [0.15, 0.2) is 0 Å². The van der Waals surface area contributed by atoms with Crippen LogP contribution < -0.4 is 20.4 Å². The number of thiophene rings is 1. The molecule has 3 aliphatic heterocycles. The van der Waals surface area contributed by atoms with Gasteiger partial charge in [0.2, 0.25) is 0 Å². The van der Waals surface area contributed by atoms with Crippen molar-refractivity contribution in [1.82, 2.24) is 4.98 Å². The van der Waals surface area contributed by atoms with Crippen molar-refractivity contribution in [3.63, 3.8) is 0 Å². The van der Waals surface area contributed by atoms with Gasteiger partial charge < -0.3 is 25.2 Å². The number of halogens is 2. The summed E-state index contributed by atoms with van der Waals surface area (Å²) in [6.07, 6.45) is 6.73. The minimum atomic E-state index is -0.611. The number of carbonyl (C=O) groups is 3. The molecule has 9 rings (SSSR count). The fourth-order valence-electron chi connectivity index (χ4n) is 7.83. The fourth-order valence-corrected chi connectivity index (χ4v) is 9.18. The normalized spacial score (nSPS) is 17.2. The van der Waals surface area contributed by atoms with Gasteiger partial charge in [-0.3, -0.25) is 14.4 Å². The predicted octanol–water partition coefficient (Wildman–Crippen LogP) is 8.80. The molecule has 2 N–H and O–H groups in total. The van der Waals surface area contributed by atoms with Crippen LogP contribution in [-0.2, 0) is 11.2 Å². The van der Waals surface area contributed by atoms with Crippen molar-refractivity contribution in [3.8, 4) is 10.4 Å². The van der Waals surface area contributed by atoms with Gasteiger partial charge in [0, 0.05) is 66.2 Å². The quantitative estimate of drug-likeness (QED) is 0.172. The standard InChI is InChI=1S/C42H37ClFN5O4S/c43-32-5-3-6-33(44)36(32)47-40(51)35-21-27-14-17-49(34-7-2-1-4-30(34)37(27)54-35)41(52)26-10-12-29(13-11-26)46-39(50)31-20-28(25-8-9-25)22-45-38(31)48-23-42(24-48)15-18-53-19-16-42/h1-7,10-13,20-22,25H,8-9,14-19,23-24H2,(H,46,50)(H,47,51). The van der Waals surface area contributed by atoms with Crippen LogP contribution in [0.3, 0.4) is 0 Å². The third kappa shape index (κ3) is 6.54. The fraction of sp³-hybridized carbons (Fsp3) is 0.286. The molecule has 0 unspecified atom stereocenters. The van der Waals surface area contributed by atoms with Gasteiger partial charge in [-0.1, -0.05) is 35.9 Å². The molecule has 3 fully saturated rings. The highest BCUT2D eigenvalue weighted by Crippen LogP contribution is 2.45. The minimum Gasteiger partial charge on any atom is -0.381 e. The molecule has 0 atom stereocenters. The number of hydrogen-bond acceptors (Lipinski definition) is 7. The molecule has 5 aromatic rings. The number of ether oxygens (including phenoxy) is 1. The van der Waals surface area contributed by atoms with Gasteiger partial charge in [-0.05, 0) is 104 Å². The Bertz CT molecular complexity index is 2270. The molecule has 54 heavy (non-hydrogen) atoms. The maximum atomic E-state index is 14.4. The second kappa shape index (κ2) is 14.0. The SMILES string of the molecule is O=C(Nc1c(F)cccc1Cl)c1cc2c(s1)-c1ccccc1N(C(=O)c1ccc(NC(=O)c3cc(C4CC4)cnc3N3CC4(CCOCC4)C3)cc1)CC2. The Morgan fingerprint density at radius 2 is 1.70 bits per heavy atom. The summed E-state index contributed by atoms with van der Waals surface area (Å²) in [5, 5.41) is 5.80. The molecule has 12 heteroatoms. The van der Waals surface area contributed by atoms with Crippen molar-refractivity contribution in [2.45, 2.75) is 38.0 Å². The van der Waals surface area contributed by atoms with Crippen molar-refractivity contribution < 1.29 is 23.5 Å². The number of amides is 3. The Hall–Kier alpha value is -5.10. The van der Waals surface area contributed by atoms with Crippen molar-refractivity contribution in [2.75, 3.05) is 53.3 Å². The molecule has 274 valence electrons. The first-order valence-electron chi connectivity index (χ1n) is 18.3. The molecule has 1 saturated carbocycles. The summed E-state index contributed by atoms with van der Waals surface area (Å²) >= 11 is 7.45. The predicted molar refractivity (Wildman–Crippen MR) is 210 cm³/mol. The van der Waals surface area contributed by atoms with Crippen molar-refractivity contribution >= 4 is 63.5 Å². The zero-order valence-corrected chi connectivity index (χ0v) is 30.9. The number of rotatable bonds is 7. The second-order valence-electron chi connectivity index (χ2n) is 14.7. The van der Waals surface area contributed by atoms with Crippen LogP contribution in [0.25, 0.3) is 10.4 Å². The molecule has 2 aromatic heterocycles. The molecule has 2 saturated heterocycles. The highest BCUT2D eigenvalue weighted by Gasteiger charge is 2.45. The van der Waals surface area contributed by atoms with E-state index < -0.39 is 11.7 Å². The van der Waals surface area contributed by atoms with E-state index in [0.717, 1.165) is 85.1 Å². The Kier molecular flexibility index (Phi) is 8.95. The smallest absolute Gasteiger partial charge is 0.265 e. The first-order valence-corrected chi connectivity index (χ1v) is 19.5. The summed E-state index contributed by atoms with van der Waals surface area (Å²) in [7, 11) is 0. The summed E-state index contributed by atoms with van der Waals surface area (Å²) in [6.45, 7) is 3.69. The van der Waals surface area contributed by atoms with Gasteiger partial charge >= 0.3 is 0 Å². The minimum absolute atomic E-state index is 0.0599. The monoisotopic (exact) mass is 761 g/mol. The van der Waals surface area contributed by atoms with E-state index in [4.69, 9.17) is 21.3 Å². The van der Waals surface area contributed by atoms with Gasteiger partial charge in [0.25, 0.3) is 17.7 Å². The van der Waals surface area contributed by atoms with E-state index >= 15 is 0 Å². The Balaban J connectivity index is 0.914. The topological polar surface area (TPSA) is 104 Å². The van der Waals surface area contributed by atoms with Crippen molar-refractivity contribution in [3.05, 3.63) is 123 Å². The zero-order chi connectivity index (χ0) is 37.0. The van der Waals surface area contributed by atoms with Crippen LogP contribution in [0.4, 0.5) is 27.3 Å². The third-order valence-electron chi connectivity index (χ3n) is 11.0. The number of aromatic nitrogens is 1. The molecule has 3 amide bonds. The summed E-state index contributed by atoms with van der Waals surface area (Å²) < 4.78 is 20.0. The maximum absolute atomic E-state index is 14.4. The lowest BCUT2D eigenvalue weighted by atomic mass is 9.73. The molecule has 3 aromatic carbocycles. The molecule has 5 heterocycles. The first kappa shape index (κ1) is 34.7. The Morgan fingerprint density at radius 3 is 2.46 bits per heavy atom. The van der Waals surface area contributed by atoms with Gasteiger partial charge in [-0.2, -0.15) is 0 Å². The maximum Gasteiger partial charge on any atom is 0.265 e. The summed E-state index contributed by atoms with van der Waals surface area (Å²) in [5.41, 5.74) is 5.41. The lowest BCUT2D eigenvalue weighted by molar-refractivity contribution is -0.000512. The molecule has 1 aliphatic carbocycles. The van der Waals surface area contributed by atoms with Crippen molar-refractivity contribution in [1.29, 1.82) is 0 Å². The van der Waals surface area contributed by atoms with Gasteiger partial charge in [-0.15, -0.1) is 11.3 Å². The summed E-state index contributed by atoms with van der Waals surface area (Å²) in [4.78, 5) is 51.2. The summed E-state index contributed by atoms with van der Waals surface area (Å²) in [6, 6.07) is 22.7. The lowest BCUT2D eigenvalue weighted by Crippen LogP contribution is -2.59. The number of hydrogen-bond donors (Lipinski definition) is 2. The zero-order valence-electron chi connectivity index (χ0n) is 29.4. The van der Waals surface area contributed by atoms with Crippen LogP contribution in [0.5, 0.6) is 0 Å². The van der Waals surface area contributed by atoms with Crippen LogP contribution in [0.2, 0.25) is 5.02 Å². The number of nitrogens with zero attached hydrogens (tertiary/aromatic N) is 3. The number of nitrogens with one attached hydrogen (secondary N) is 2. The largest absolute Gasteiger partial charge is 0.381 e. The van der Waals surface area contributed by atoms with Crippen LogP contribution in [0.1, 0.15) is 73.1 Å².